The van der Waals surface area contributed by atoms with E-state index in [1.807, 2.05) is 66.9 Å². The Kier molecular flexibility index (Phi) is 5.35. The number of esters is 1. The van der Waals surface area contributed by atoms with Crippen molar-refractivity contribution in [2.24, 2.45) is 0 Å². The van der Waals surface area contributed by atoms with Crippen molar-refractivity contribution in [2.45, 2.75) is 6.92 Å². The molecule has 0 spiro atoms. The molecule has 0 aliphatic heterocycles. The lowest BCUT2D eigenvalue weighted by molar-refractivity contribution is -0.119. The van der Waals surface area contributed by atoms with Gasteiger partial charge in [-0.05, 0) is 29.8 Å². The first-order valence-corrected chi connectivity index (χ1v) is 9.95. The summed E-state index contributed by atoms with van der Waals surface area (Å²) in [5.41, 5.74) is 3.35. The molecule has 1 N–H and O–H groups in total. The Bertz CT molecular complexity index is 1180. The number of nitrogens with zero attached hydrogens (tertiary/aromatic N) is 1. The summed E-state index contributed by atoms with van der Waals surface area (Å²) in [6.45, 7) is 1.65. The SMILES string of the molecule is Cc1ccc(-c2csc(NC(=O)COC(=O)c3ccc4ccccc4c3)n2)cc1. The number of thiazole rings is 1. The van der Waals surface area contributed by atoms with Crippen LogP contribution in [0.3, 0.4) is 0 Å². The average molecular weight is 402 g/mol. The Hall–Kier alpha value is -3.51. The molecule has 144 valence electrons. The number of carbonyl (C=O) groups is 2. The lowest BCUT2D eigenvalue weighted by Crippen LogP contribution is -2.20. The van der Waals surface area contributed by atoms with E-state index in [-0.39, 0.29) is 6.61 Å². The van der Waals surface area contributed by atoms with Gasteiger partial charge in [0.05, 0.1) is 11.3 Å². The number of hydrogen-bond acceptors (Lipinski definition) is 5. The molecule has 0 atom stereocenters. The number of anilines is 1. The standard InChI is InChI=1S/C23H18N2O3S/c1-15-6-8-17(9-7-15)20-14-29-23(24-20)25-21(26)13-28-22(27)19-11-10-16-4-2-3-5-18(16)12-19/h2-12,14H,13H2,1H3,(H,24,25,26). The number of rotatable bonds is 5. The average Bonchev–Trinajstić information content (AvgIpc) is 3.20. The molecule has 6 heteroatoms. The fraction of sp³-hybridized carbons (Fsp3) is 0.0870. The number of benzene rings is 3. The molecule has 0 bridgehead atoms. The molecule has 0 unspecified atom stereocenters. The van der Waals surface area contributed by atoms with Crippen LogP contribution in [0.15, 0.2) is 72.1 Å². The van der Waals surface area contributed by atoms with E-state index in [1.54, 1.807) is 12.1 Å². The smallest absolute Gasteiger partial charge is 0.338 e. The summed E-state index contributed by atoms with van der Waals surface area (Å²) in [7, 11) is 0. The van der Waals surface area contributed by atoms with Gasteiger partial charge in [-0.3, -0.25) is 10.1 Å². The summed E-state index contributed by atoms with van der Waals surface area (Å²) in [5.74, 6) is -0.964. The molecule has 0 saturated heterocycles. The third kappa shape index (κ3) is 4.50. The van der Waals surface area contributed by atoms with Crippen molar-refractivity contribution in [1.82, 2.24) is 4.98 Å². The third-order valence-corrected chi connectivity index (χ3v) is 5.18. The van der Waals surface area contributed by atoms with Crippen LogP contribution in [0.1, 0.15) is 15.9 Å². The summed E-state index contributed by atoms with van der Waals surface area (Å²) in [5, 5.41) is 6.99. The number of fused-ring (bicyclic) bond motifs is 1. The summed E-state index contributed by atoms with van der Waals surface area (Å²) in [4.78, 5) is 28.8. The summed E-state index contributed by atoms with van der Waals surface area (Å²) >= 11 is 1.33. The van der Waals surface area contributed by atoms with Crippen LogP contribution in [-0.4, -0.2) is 23.5 Å². The second kappa shape index (κ2) is 8.24. The Morgan fingerprint density at radius 3 is 2.55 bits per heavy atom. The zero-order valence-electron chi connectivity index (χ0n) is 15.7. The van der Waals surface area contributed by atoms with Crippen molar-refractivity contribution in [3.8, 4) is 11.3 Å². The fourth-order valence-corrected chi connectivity index (χ4v) is 3.61. The number of hydrogen-bond donors (Lipinski definition) is 1. The van der Waals surface area contributed by atoms with Crippen LogP contribution in [0.25, 0.3) is 22.0 Å². The fourth-order valence-electron chi connectivity index (χ4n) is 2.87. The summed E-state index contributed by atoms with van der Waals surface area (Å²) in [6, 6.07) is 21.0. The van der Waals surface area contributed by atoms with E-state index in [1.165, 1.54) is 16.9 Å². The van der Waals surface area contributed by atoms with Crippen molar-refractivity contribution in [3.63, 3.8) is 0 Å². The molecular formula is C23H18N2O3S. The number of ether oxygens (including phenoxy) is 1. The van der Waals surface area contributed by atoms with Crippen LogP contribution >= 0.6 is 11.3 Å². The van der Waals surface area contributed by atoms with Gasteiger partial charge in [0, 0.05) is 10.9 Å². The van der Waals surface area contributed by atoms with Gasteiger partial charge < -0.3 is 4.74 Å². The highest BCUT2D eigenvalue weighted by Crippen LogP contribution is 2.25. The molecule has 0 saturated carbocycles. The number of aromatic nitrogens is 1. The van der Waals surface area contributed by atoms with E-state index in [4.69, 9.17) is 4.74 Å². The van der Waals surface area contributed by atoms with E-state index >= 15 is 0 Å². The molecule has 0 aliphatic rings. The molecule has 0 fully saturated rings. The lowest BCUT2D eigenvalue weighted by atomic mass is 10.1. The predicted octanol–water partition coefficient (Wildman–Crippen LogP) is 5.07. The Balaban J connectivity index is 1.35. The summed E-state index contributed by atoms with van der Waals surface area (Å²) in [6.07, 6.45) is 0. The van der Waals surface area contributed by atoms with Gasteiger partial charge in [0.2, 0.25) is 0 Å². The molecule has 1 aromatic heterocycles. The Morgan fingerprint density at radius 2 is 1.76 bits per heavy atom. The normalized spacial score (nSPS) is 10.7. The minimum absolute atomic E-state index is 0.370. The maximum absolute atomic E-state index is 12.2. The van der Waals surface area contributed by atoms with Crippen LogP contribution in [0.4, 0.5) is 5.13 Å². The van der Waals surface area contributed by atoms with Gasteiger partial charge in [-0.25, -0.2) is 9.78 Å². The number of aryl methyl sites for hydroxylation is 1. The Labute approximate surface area is 172 Å². The molecule has 0 aliphatic carbocycles. The van der Waals surface area contributed by atoms with Crippen LogP contribution in [0.2, 0.25) is 0 Å². The molecule has 4 aromatic rings. The van der Waals surface area contributed by atoms with Gasteiger partial charge in [-0.1, -0.05) is 60.2 Å². The molecule has 0 radical (unpaired) electrons. The van der Waals surface area contributed by atoms with Gasteiger partial charge in [0.15, 0.2) is 11.7 Å². The molecule has 4 rings (SSSR count). The van der Waals surface area contributed by atoms with E-state index in [9.17, 15) is 9.59 Å². The van der Waals surface area contributed by atoms with Gasteiger partial charge in [-0.2, -0.15) is 0 Å². The molecular weight excluding hydrogens is 384 g/mol. The van der Waals surface area contributed by atoms with Crippen molar-refractivity contribution in [3.05, 3.63) is 83.2 Å². The van der Waals surface area contributed by atoms with Gasteiger partial charge >= 0.3 is 5.97 Å². The van der Waals surface area contributed by atoms with Crippen molar-refractivity contribution < 1.29 is 14.3 Å². The highest BCUT2D eigenvalue weighted by atomic mass is 32.1. The van der Waals surface area contributed by atoms with Crippen LogP contribution in [0, 0.1) is 6.92 Å². The topological polar surface area (TPSA) is 68.3 Å². The number of amides is 1. The number of nitrogens with one attached hydrogen (secondary N) is 1. The minimum atomic E-state index is -0.537. The van der Waals surface area contributed by atoms with E-state index < -0.39 is 11.9 Å². The monoisotopic (exact) mass is 402 g/mol. The van der Waals surface area contributed by atoms with Gasteiger partial charge in [0.25, 0.3) is 5.91 Å². The molecule has 29 heavy (non-hydrogen) atoms. The second-order valence-corrected chi connectivity index (χ2v) is 7.45. The highest BCUT2D eigenvalue weighted by Gasteiger charge is 2.13. The van der Waals surface area contributed by atoms with Crippen LogP contribution in [0.5, 0.6) is 0 Å². The third-order valence-electron chi connectivity index (χ3n) is 4.42. The first-order chi connectivity index (χ1) is 14.1. The number of carbonyl (C=O) groups excluding carboxylic acids is 2. The van der Waals surface area contributed by atoms with E-state index in [0.29, 0.717) is 10.7 Å². The van der Waals surface area contributed by atoms with Crippen molar-refractivity contribution >= 4 is 39.1 Å². The zero-order chi connectivity index (χ0) is 20.2. The quantitative estimate of drug-likeness (QED) is 0.474. The van der Waals surface area contributed by atoms with Gasteiger partial charge in [-0.15, -0.1) is 11.3 Å². The first kappa shape index (κ1) is 18.8. The maximum Gasteiger partial charge on any atom is 0.338 e. The predicted molar refractivity (Wildman–Crippen MR) is 115 cm³/mol. The first-order valence-electron chi connectivity index (χ1n) is 9.07. The zero-order valence-corrected chi connectivity index (χ0v) is 16.5. The lowest BCUT2D eigenvalue weighted by Gasteiger charge is -2.06. The van der Waals surface area contributed by atoms with Crippen LogP contribution < -0.4 is 5.32 Å². The highest BCUT2D eigenvalue weighted by molar-refractivity contribution is 7.14. The van der Waals surface area contributed by atoms with E-state index in [0.717, 1.165) is 22.0 Å². The molecule has 1 heterocycles. The van der Waals surface area contributed by atoms with E-state index in [2.05, 4.69) is 10.3 Å². The Morgan fingerprint density at radius 1 is 1.00 bits per heavy atom. The maximum atomic E-state index is 12.2. The van der Waals surface area contributed by atoms with Crippen LogP contribution in [-0.2, 0) is 9.53 Å². The minimum Gasteiger partial charge on any atom is -0.452 e. The largest absolute Gasteiger partial charge is 0.452 e. The second-order valence-electron chi connectivity index (χ2n) is 6.59. The molecule has 3 aromatic carbocycles. The summed E-state index contributed by atoms with van der Waals surface area (Å²) < 4.78 is 5.14. The van der Waals surface area contributed by atoms with Gasteiger partial charge in [0.1, 0.15) is 0 Å². The van der Waals surface area contributed by atoms with Crippen molar-refractivity contribution in [2.75, 3.05) is 11.9 Å². The molecule has 5 nitrogen and oxygen atoms in total. The molecule has 1 amide bonds. The van der Waals surface area contributed by atoms with Crippen molar-refractivity contribution in [1.29, 1.82) is 0 Å².